The van der Waals surface area contributed by atoms with Crippen molar-refractivity contribution in [3.63, 3.8) is 0 Å². The van der Waals surface area contributed by atoms with Crippen LogP contribution in [-0.4, -0.2) is 31.1 Å². The summed E-state index contributed by atoms with van der Waals surface area (Å²) in [6.45, 7) is 5.22. The summed E-state index contributed by atoms with van der Waals surface area (Å²) in [5, 5.41) is 5.75. The number of thiophene rings is 1. The minimum absolute atomic E-state index is 0.0859. The van der Waals surface area contributed by atoms with Gasteiger partial charge in [0.15, 0.2) is 0 Å². The Labute approximate surface area is 151 Å². The van der Waals surface area contributed by atoms with Gasteiger partial charge in [0.05, 0.1) is 22.2 Å². The van der Waals surface area contributed by atoms with E-state index in [1.54, 1.807) is 24.3 Å². The lowest BCUT2D eigenvalue weighted by molar-refractivity contribution is 0.0858. The van der Waals surface area contributed by atoms with Crippen molar-refractivity contribution in [1.29, 1.82) is 0 Å². The van der Waals surface area contributed by atoms with E-state index in [0.717, 1.165) is 29.9 Å². The van der Waals surface area contributed by atoms with Gasteiger partial charge in [-0.2, -0.15) is 0 Å². The molecule has 1 unspecified atom stereocenters. The molecule has 1 aliphatic heterocycles. The fraction of sp³-hybridized carbons (Fsp3) is 0.368. The fourth-order valence-corrected chi connectivity index (χ4v) is 3.70. The molecule has 2 amide bonds. The Bertz CT molecular complexity index is 759. The van der Waals surface area contributed by atoms with Gasteiger partial charge in [0.25, 0.3) is 11.8 Å². The topological polar surface area (TPSA) is 67.4 Å². The summed E-state index contributed by atoms with van der Waals surface area (Å²) in [7, 11) is 0. The quantitative estimate of drug-likeness (QED) is 0.859. The van der Waals surface area contributed by atoms with E-state index in [4.69, 9.17) is 4.74 Å². The van der Waals surface area contributed by atoms with Crippen molar-refractivity contribution in [3.05, 3.63) is 51.2 Å². The van der Waals surface area contributed by atoms with Crippen molar-refractivity contribution in [3.8, 4) is 0 Å². The zero-order chi connectivity index (χ0) is 17.8. The lowest BCUT2D eigenvalue weighted by Gasteiger charge is -2.13. The van der Waals surface area contributed by atoms with Crippen molar-refractivity contribution >= 4 is 28.8 Å². The normalized spacial score (nSPS) is 16.6. The lowest BCUT2D eigenvalue weighted by Crippen LogP contribution is -2.32. The zero-order valence-corrected chi connectivity index (χ0v) is 15.2. The van der Waals surface area contributed by atoms with Crippen LogP contribution in [0.2, 0.25) is 0 Å². The van der Waals surface area contributed by atoms with Crippen LogP contribution < -0.4 is 10.6 Å². The van der Waals surface area contributed by atoms with E-state index in [9.17, 15) is 9.59 Å². The molecule has 0 aliphatic carbocycles. The molecule has 2 heterocycles. The molecule has 1 aromatic heterocycles. The van der Waals surface area contributed by atoms with Crippen LogP contribution in [0, 0.1) is 13.8 Å². The third-order valence-corrected chi connectivity index (χ3v) is 5.48. The number of rotatable bonds is 5. The number of carbonyl (C=O) groups excluding carboxylic acids is 2. The highest BCUT2D eigenvalue weighted by atomic mass is 32.1. The molecular weight excluding hydrogens is 336 g/mol. The number of benzene rings is 1. The Morgan fingerprint density at radius 2 is 2.04 bits per heavy atom. The molecule has 25 heavy (non-hydrogen) atoms. The van der Waals surface area contributed by atoms with Gasteiger partial charge < -0.3 is 15.4 Å². The van der Waals surface area contributed by atoms with Crippen molar-refractivity contribution in [2.45, 2.75) is 32.8 Å². The number of carbonyl (C=O) groups is 2. The van der Waals surface area contributed by atoms with Crippen LogP contribution in [0.1, 0.15) is 43.3 Å². The number of ether oxygens (including phenoxy) is 1. The number of hydrogen-bond donors (Lipinski definition) is 2. The molecule has 132 valence electrons. The zero-order valence-electron chi connectivity index (χ0n) is 14.4. The Balaban J connectivity index is 1.69. The third-order valence-electron chi connectivity index (χ3n) is 4.32. The minimum atomic E-state index is -0.204. The van der Waals surface area contributed by atoms with Crippen LogP contribution in [0.25, 0.3) is 0 Å². The predicted octanol–water partition coefficient (Wildman–Crippen LogP) is 3.53. The largest absolute Gasteiger partial charge is 0.376 e. The van der Waals surface area contributed by atoms with Gasteiger partial charge in [-0.15, -0.1) is 11.3 Å². The van der Waals surface area contributed by atoms with E-state index < -0.39 is 0 Å². The number of anilines is 1. The molecule has 1 atom stereocenters. The molecular formula is C19H22N2O3S. The van der Waals surface area contributed by atoms with Gasteiger partial charge in [0, 0.05) is 18.0 Å². The summed E-state index contributed by atoms with van der Waals surface area (Å²) in [6, 6.07) is 8.92. The van der Waals surface area contributed by atoms with Crippen LogP contribution in [-0.2, 0) is 4.74 Å². The van der Waals surface area contributed by atoms with Crippen molar-refractivity contribution in [2.75, 3.05) is 18.5 Å². The van der Waals surface area contributed by atoms with Crippen LogP contribution in [0.5, 0.6) is 0 Å². The lowest BCUT2D eigenvalue weighted by atomic mass is 10.1. The second-order valence-corrected chi connectivity index (χ2v) is 7.45. The maximum atomic E-state index is 12.5. The highest BCUT2D eigenvalue weighted by Gasteiger charge is 2.19. The molecule has 5 nitrogen and oxygen atoms in total. The van der Waals surface area contributed by atoms with Crippen molar-refractivity contribution in [2.24, 2.45) is 0 Å². The first-order chi connectivity index (χ1) is 12.0. The van der Waals surface area contributed by atoms with E-state index in [2.05, 4.69) is 10.6 Å². The van der Waals surface area contributed by atoms with Gasteiger partial charge in [-0.1, -0.05) is 12.1 Å². The van der Waals surface area contributed by atoms with Crippen molar-refractivity contribution < 1.29 is 14.3 Å². The second-order valence-electron chi connectivity index (χ2n) is 6.19. The standard InChI is InChI=1S/C19H22N2O3S/c1-12-10-17(25-13(12)2)19(23)21-16-8-4-3-7-15(16)18(22)20-11-14-6-5-9-24-14/h3-4,7-8,10,14H,5-6,9,11H2,1-2H3,(H,20,22)(H,21,23). The number of nitrogens with one attached hydrogen (secondary N) is 2. The van der Waals surface area contributed by atoms with E-state index >= 15 is 0 Å². The molecule has 2 aromatic rings. The molecule has 1 fully saturated rings. The molecule has 1 aromatic carbocycles. The first-order valence-electron chi connectivity index (χ1n) is 8.42. The smallest absolute Gasteiger partial charge is 0.265 e. The number of amides is 2. The first kappa shape index (κ1) is 17.6. The van der Waals surface area contributed by atoms with E-state index in [1.165, 1.54) is 11.3 Å². The molecule has 0 bridgehead atoms. The fourth-order valence-electron chi connectivity index (χ4n) is 2.77. The van der Waals surface area contributed by atoms with Gasteiger partial charge in [-0.25, -0.2) is 0 Å². The van der Waals surface area contributed by atoms with Crippen LogP contribution in [0.4, 0.5) is 5.69 Å². The van der Waals surface area contributed by atoms with Crippen molar-refractivity contribution in [1.82, 2.24) is 5.32 Å². The third kappa shape index (κ3) is 4.27. The number of aryl methyl sites for hydroxylation is 2. The van der Waals surface area contributed by atoms with Gasteiger partial charge in [-0.3, -0.25) is 9.59 Å². The first-order valence-corrected chi connectivity index (χ1v) is 9.23. The van der Waals surface area contributed by atoms with E-state index in [-0.39, 0.29) is 17.9 Å². The van der Waals surface area contributed by atoms with E-state index in [1.807, 2.05) is 19.9 Å². The Morgan fingerprint density at radius 3 is 2.72 bits per heavy atom. The summed E-state index contributed by atoms with van der Waals surface area (Å²) in [5.74, 6) is -0.398. The number of hydrogen-bond acceptors (Lipinski definition) is 4. The summed E-state index contributed by atoms with van der Waals surface area (Å²) < 4.78 is 5.52. The minimum Gasteiger partial charge on any atom is -0.376 e. The van der Waals surface area contributed by atoms with Crippen LogP contribution >= 0.6 is 11.3 Å². The average Bonchev–Trinajstić information content (AvgIpc) is 3.23. The summed E-state index contributed by atoms with van der Waals surface area (Å²) in [4.78, 5) is 26.7. The molecule has 3 rings (SSSR count). The maximum absolute atomic E-state index is 12.5. The second kappa shape index (κ2) is 7.80. The Kier molecular flexibility index (Phi) is 5.50. The molecule has 6 heteroatoms. The summed E-state index contributed by atoms with van der Waals surface area (Å²) >= 11 is 1.45. The highest BCUT2D eigenvalue weighted by Crippen LogP contribution is 2.23. The highest BCUT2D eigenvalue weighted by molar-refractivity contribution is 7.14. The van der Waals surface area contributed by atoms with Gasteiger partial charge in [0.2, 0.25) is 0 Å². The van der Waals surface area contributed by atoms with Gasteiger partial charge >= 0.3 is 0 Å². The number of para-hydroxylation sites is 1. The van der Waals surface area contributed by atoms with E-state index in [0.29, 0.717) is 22.7 Å². The molecule has 2 N–H and O–H groups in total. The Hall–Kier alpha value is -2.18. The summed E-state index contributed by atoms with van der Waals surface area (Å²) in [6.07, 6.45) is 2.09. The molecule has 1 saturated heterocycles. The van der Waals surface area contributed by atoms with Crippen LogP contribution in [0.15, 0.2) is 30.3 Å². The SMILES string of the molecule is Cc1cc(C(=O)Nc2ccccc2C(=O)NCC2CCCO2)sc1C. The predicted molar refractivity (Wildman–Crippen MR) is 99.5 cm³/mol. The average molecular weight is 358 g/mol. The molecule has 0 saturated carbocycles. The molecule has 0 spiro atoms. The maximum Gasteiger partial charge on any atom is 0.265 e. The Morgan fingerprint density at radius 1 is 1.24 bits per heavy atom. The molecule has 1 aliphatic rings. The van der Waals surface area contributed by atoms with Gasteiger partial charge in [0.1, 0.15) is 0 Å². The monoisotopic (exact) mass is 358 g/mol. The van der Waals surface area contributed by atoms with Crippen LogP contribution in [0.3, 0.4) is 0 Å². The van der Waals surface area contributed by atoms with Gasteiger partial charge in [-0.05, 0) is 50.5 Å². The summed E-state index contributed by atoms with van der Waals surface area (Å²) in [5.41, 5.74) is 2.07. The molecule has 0 radical (unpaired) electrons.